The Hall–Kier alpha value is -5.99. The molecule has 1 fully saturated rings. The fraction of sp³-hybridized carbons (Fsp3) is 0.343. The molecule has 50 heavy (non-hydrogen) atoms. The van der Waals surface area contributed by atoms with E-state index in [9.17, 15) is 24.0 Å². The van der Waals surface area contributed by atoms with Crippen molar-refractivity contribution in [2.45, 2.75) is 65.6 Å². The summed E-state index contributed by atoms with van der Waals surface area (Å²) in [6.07, 6.45) is 3.35. The second-order valence-corrected chi connectivity index (χ2v) is 11.8. The van der Waals surface area contributed by atoms with Crippen molar-refractivity contribution in [1.82, 2.24) is 30.1 Å². The molecule has 3 N–H and O–H groups in total. The molecule has 262 valence electrons. The number of ether oxygens (including phenoxy) is 3. The number of carbonyl (C=O) groups is 5. The zero-order valence-corrected chi connectivity index (χ0v) is 28.2. The zero-order chi connectivity index (χ0) is 35.8. The molecule has 2 heterocycles. The summed E-state index contributed by atoms with van der Waals surface area (Å²) in [7, 11) is 0. The smallest absolute Gasteiger partial charge is 0.419 e. The fourth-order valence-corrected chi connectivity index (χ4v) is 4.98. The molecular weight excluding hydrogens is 646 g/mol. The maximum Gasteiger partial charge on any atom is 0.419 e. The Bertz CT molecular complexity index is 1890. The number of esters is 1. The molecule has 0 aliphatic heterocycles. The number of nitrogens with one attached hydrogen (secondary N) is 3. The van der Waals surface area contributed by atoms with Crippen LogP contribution in [0.4, 0.5) is 21.1 Å². The van der Waals surface area contributed by atoms with E-state index in [2.05, 4.69) is 26.0 Å². The number of carbonyl (C=O) groups excluding carboxylic acids is 5. The van der Waals surface area contributed by atoms with Crippen LogP contribution in [0.25, 0.3) is 5.52 Å². The number of rotatable bonds is 13. The molecule has 1 aliphatic carbocycles. The summed E-state index contributed by atoms with van der Waals surface area (Å²) in [5, 5.41) is 12.9. The predicted molar refractivity (Wildman–Crippen MR) is 181 cm³/mol. The first-order chi connectivity index (χ1) is 24.0. The first-order valence-electron chi connectivity index (χ1n) is 16.2. The molecule has 1 atom stereocenters. The topological polar surface area (TPSA) is 183 Å². The minimum absolute atomic E-state index is 0.0165. The molecular formula is C35H39N7O8. The van der Waals surface area contributed by atoms with Gasteiger partial charge in [0.15, 0.2) is 5.82 Å². The summed E-state index contributed by atoms with van der Waals surface area (Å²) >= 11 is 0. The molecule has 4 aromatic rings. The van der Waals surface area contributed by atoms with Gasteiger partial charge in [-0.3, -0.25) is 9.59 Å². The summed E-state index contributed by atoms with van der Waals surface area (Å²) in [6.45, 7) is 6.03. The summed E-state index contributed by atoms with van der Waals surface area (Å²) < 4.78 is 16.7. The Labute approximate surface area is 288 Å². The van der Waals surface area contributed by atoms with Gasteiger partial charge in [-0.2, -0.15) is 5.10 Å². The van der Waals surface area contributed by atoms with Crippen LogP contribution in [-0.4, -0.2) is 74.9 Å². The van der Waals surface area contributed by atoms with Gasteiger partial charge in [0.25, 0.3) is 11.8 Å². The van der Waals surface area contributed by atoms with Gasteiger partial charge in [0.2, 0.25) is 6.79 Å². The largest absolute Gasteiger partial charge is 0.445 e. The van der Waals surface area contributed by atoms with E-state index >= 15 is 0 Å². The molecule has 5 rings (SSSR count). The van der Waals surface area contributed by atoms with E-state index in [1.54, 1.807) is 50.2 Å². The quantitative estimate of drug-likeness (QED) is 0.130. The Morgan fingerprint density at radius 2 is 1.78 bits per heavy atom. The average molecular weight is 686 g/mol. The van der Waals surface area contributed by atoms with E-state index in [-0.39, 0.29) is 30.7 Å². The minimum atomic E-state index is -1.10. The average Bonchev–Trinajstić information content (AvgIpc) is 3.86. The van der Waals surface area contributed by atoms with Crippen molar-refractivity contribution < 1.29 is 38.2 Å². The number of nitrogens with zero attached hydrogens (tertiary/aromatic N) is 4. The third kappa shape index (κ3) is 8.72. The van der Waals surface area contributed by atoms with Crippen LogP contribution >= 0.6 is 0 Å². The lowest BCUT2D eigenvalue weighted by atomic mass is 10.1. The van der Waals surface area contributed by atoms with Gasteiger partial charge in [-0.25, -0.2) is 28.8 Å². The first kappa shape index (κ1) is 35.3. The van der Waals surface area contributed by atoms with Crippen LogP contribution in [0, 0.1) is 13.8 Å². The number of alkyl carbamates (subject to hydrolysis) is 1. The number of fused-ring (bicyclic) bond motifs is 1. The summed E-state index contributed by atoms with van der Waals surface area (Å²) in [5.74, 6) is -1.29. The molecule has 4 amide bonds. The molecule has 0 saturated heterocycles. The lowest BCUT2D eigenvalue weighted by Crippen LogP contribution is -2.41. The van der Waals surface area contributed by atoms with Crippen molar-refractivity contribution >= 4 is 47.0 Å². The molecule has 2 aromatic carbocycles. The Balaban J connectivity index is 1.21. The van der Waals surface area contributed by atoms with Crippen molar-refractivity contribution in [2.75, 3.05) is 18.7 Å². The first-order valence-corrected chi connectivity index (χ1v) is 16.2. The van der Waals surface area contributed by atoms with Crippen molar-refractivity contribution in [2.24, 2.45) is 0 Å². The van der Waals surface area contributed by atoms with Gasteiger partial charge in [-0.05, 0) is 68.9 Å². The highest BCUT2D eigenvalue weighted by atomic mass is 16.7. The second kappa shape index (κ2) is 15.9. The zero-order valence-electron chi connectivity index (χ0n) is 28.2. The van der Waals surface area contributed by atoms with Crippen LogP contribution in [-0.2, 0) is 25.6 Å². The number of benzene rings is 2. The van der Waals surface area contributed by atoms with Gasteiger partial charge >= 0.3 is 18.2 Å². The van der Waals surface area contributed by atoms with E-state index in [1.807, 2.05) is 19.1 Å². The van der Waals surface area contributed by atoms with E-state index in [0.717, 1.165) is 28.9 Å². The summed E-state index contributed by atoms with van der Waals surface area (Å²) in [4.78, 5) is 69.2. The number of aromatic nitrogens is 3. The van der Waals surface area contributed by atoms with E-state index < -0.39 is 36.9 Å². The SMILES string of the molecule is CCCN(C(=O)OCOC(=O)[C@H](C)NC(=O)OCc1ccccc1)C(=O)c1cn2ncnc(Nc3cc(C(=O)NC4CC4)ccc3C)c2c1C. The molecule has 1 saturated carbocycles. The van der Waals surface area contributed by atoms with E-state index in [4.69, 9.17) is 14.2 Å². The Kier molecular flexibility index (Phi) is 11.3. The molecule has 0 radical (unpaired) electrons. The Morgan fingerprint density at radius 3 is 2.50 bits per heavy atom. The highest BCUT2D eigenvalue weighted by molar-refractivity contribution is 6.06. The van der Waals surface area contributed by atoms with Gasteiger partial charge in [0, 0.05) is 30.0 Å². The minimum Gasteiger partial charge on any atom is -0.445 e. The van der Waals surface area contributed by atoms with Crippen molar-refractivity contribution in [1.29, 1.82) is 0 Å². The number of amides is 4. The molecule has 0 unspecified atom stereocenters. The third-order valence-corrected chi connectivity index (χ3v) is 7.92. The molecule has 15 heteroatoms. The van der Waals surface area contributed by atoms with Crippen LogP contribution in [0.3, 0.4) is 0 Å². The van der Waals surface area contributed by atoms with Gasteiger partial charge in [-0.1, -0.05) is 43.3 Å². The number of hydrogen-bond donors (Lipinski definition) is 3. The van der Waals surface area contributed by atoms with E-state index in [0.29, 0.717) is 34.6 Å². The number of anilines is 2. The van der Waals surface area contributed by atoms with Crippen LogP contribution in [0.15, 0.2) is 61.1 Å². The number of aryl methyl sites for hydroxylation is 2. The molecule has 2 aromatic heterocycles. The van der Waals surface area contributed by atoms with Gasteiger partial charge < -0.3 is 30.2 Å². The maximum atomic E-state index is 13.7. The standard InChI is InChI=1S/C35H39N7O8/c1-5-15-41(35(47)50-20-49-33(45)23(4)38-34(46)48-18-24-9-7-6-8-10-24)32(44)27-17-42-29(22(27)3)30(36-19-37-42)40-28-16-25(12-11-21(28)2)31(43)39-26-13-14-26/h6-12,16-17,19,23,26H,5,13-15,18,20H2,1-4H3,(H,38,46)(H,39,43)(H,36,37,40)/t23-/m0/s1. The third-order valence-electron chi connectivity index (χ3n) is 7.92. The molecule has 1 aliphatic rings. The molecule has 15 nitrogen and oxygen atoms in total. The highest BCUT2D eigenvalue weighted by Gasteiger charge is 2.29. The number of hydrogen-bond acceptors (Lipinski definition) is 11. The van der Waals surface area contributed by atoms with E-state index in [1.165, 1.54) is 24.0 Å². The second-order valence-electron chi connectivity index (χ2n) is 11.8. The summed E-state index contributed by atoms with van der Waals surface area (Å²) in [5.41, 5.74) is 3.97. The van der Waals surface area contributed by atoms with Gasteiger partial charge in [0.1, 0.15) is 24.5 Å². The van der Waals surface area contributed by atoms with Crippen LogP contribution < -0.4 is 16.0 Å². The van der Waals surface area contributed by atoms with Gasteiger partial charge in [-0.15, -0.1) is 0 Å². The monoisotopic (exact) mass is 685 g/mol. The lowest BCUT2D eigenvalue weighted by Gasteiger charge is -2.20. The van der Waals surface area contributed by atoms with Crippen molar-refractivity contribution in [3.63, 3.8) is 0 Å². The number of imide groups is 1. The predicted octanol–water partition coefficient (Wildman–Crippen LogP) is 4.79. The summed E-state index contributed by atoms with van der Waals surface area (Å²) in [6, 6.07) is 13.5. The van der Waals surface area contributed by atoms with Crippen LogP contribution in [0.5, 0.6) is 0 Å². The normalized spacial score (nSPS) is 12.8. The maximum absolute atomic E-state index is 13.7. The van der Waals surface area contributed by atoms with Crippen molar-refractivity contribution in [3.05, 3.63) is 88.9 Å². The van der Waals surface area contributed by atoms with Crippen LogP contribution in [0.1, 0.15) is 70.5 Å². The van der Waals surface area contributed by atoms with Crippen molar-refractivity contribution in [3.8, 4) is 0 Å². The molecule has 0 spiro atoms. The fourth-order valence-electron chi connectivity index (χ4n) is 4.98. The lowest BCUT2D eigenvalue weighted by molar-refractivity contribution is -0.154. The Morgan fingerprint density at radius 1 is 1.02 bits per heavy atom. The highest BCUT2D eigenvalue weighted by Crippen LogP contribution is 2.29. The van der Waals surface area contributed by atoms with Crippen LogP contribution in [0.2, 0.25) is 0 Å². The molecule has 0 bridgehead atoms. The van der Waals surface area contributed by atoms with Gasteiger partial charge in [0.05, 0.1) is 5.56 Å².